The predicted molar refractivity (Wildman–Crippen MR) is 135 cm³/mol. The first-order chi connectivity index (χ1) is 17.0. The molecule has 1 fully saturated rings. The molecule has 2 N–H and O–H groups in total. The number of carboxylic acid groups (broad SMARTS) is 1. The minimum atomic E-state index is -1.14. The van der Waals surface area contributed by atoms with E-state index in [1.807, 2.05) is 12.1 Å². The number of hydrogen-bond donors (Lipinski definition) is 2. The number of nitrogens with zero attached hydrogens (tertiary/aromatic N) is 5. The Hall–Kier alpha value is -4.05. The van der Waals surface area contributed by atoms with Gasteiger partial charge in [-0.1, -0.05) is 6.07 Å². The van der Waals surface area contributed by atoms with Gasteiger partial charge < -0.3 is 29.7 Å². The quantitative estimate of drug-likeness (QED) is 0.502. The Bertz CT molecular complexity index is 1170. The molecule has 1 aromatic heterocycles. The number of ether oxygens (including phenoxy) is 2. The molecule has 1 saturated heterocycles. The van der Waals surface area contributed by atoms with Gasteiger partial charge in [0, 0.05) is 49.3 Å². The number of nitrogens with one attached hydrogen (secondary N) is 1. The van der Waals surface area contributed by atoms with Crippen LogP contribution < -0.4 is 24.6 Å². The molecule has 0 bridgehead atoms. The second kappa shape index (κ2) is 10.9. The van der Waals surface area contributed by atoms with E-state index in [9.17, 15) is 9.90 Å². The fourth-order valence-electron chi connectivity index (χ4n) is 3.96. The van der Waals surface area contributed by atoms with E-state index in [2.05, 4.69) is 44.3 Å². The van der Waals surface area contributed by atoms with Crippen molar-refractivity contribution >= 4 is 29.2 Å². The van der Waals surface area contributed by atoms with Crippen LogP contribution in [0, 0.1) is 0 Å². The van der Waals surface area contributed by atoms with Gasteiger partial charge in [0.1, 0.15) is 17.3 Å². The maximum absolute atomic E-state index is 12.1. The first kappa shape index (κ1) is 24.1. The number of methoxy groups -OCH3 is 2. The molecule has 1 amide bonds. The third kappa shape index (κ3) is 5.90. The predicted octanol–water partition coefficient (Wildman–Crippen LogP) is 3.67. The molecule has 10 nitrogen and oxygen atoms in total. The van der Waals surface area contributed by atoms with Crippen LogP contribution in [0.4, 0.5) is 27.9 Å². The summed E-state index contributed by atoms with van der Waals surface area (Å²) in [6.07, 6.45) is 0.393. The molecule has 3 aromatic rings. The highest BCUT2D eigenvalue weighted by Crippen LogP contribution is 2.28. The van der Waals surface area contributed by atoms with Gasteiger partial charge in [-0.05, 0) is 49.5 Å². The fraction of sp³-hybridized carbons (Fsp3) is 0.320. The van der Waals surface area contributed by atoms with Crippen molar-refractivity contribution in [1.82, 2.24) is 14.9 Å². The number of anilines is 4. The highest BCUT2D eigenvalue weighted by molar-refractivity contribution is 5.85. The zero-order valence-electron chi connectivity index (χ0n) is 20.1. The van der Waals surface area contributed by atoms with E-state index in [0.717, 1.165) is 42.5 Å². The minimum Gasteiger partial charge on any atom is -0.497 e. The molecule has 35 heavy (non-hydrogen) atoms. The lowest BCUT2D eigenvalue weighted by Crippen LogP contribution is -2.44. The number of likely N-dealkylation sites (N-methyl/N-ethyl adjacent to an activating group) is 1. The van der Waals surface area contributed by atoms with Crippen molar-refractivity contribution in [3.63, 3.8) is 0 Å². The molecule has 0 unspecified atom stereocenters. The van der Waals surface area contributed by atoms with Crippen molar-refractivity contribution in [2.24, 2.45) is 0 Å². The Morgan fingerprint density at radius 3 is 2.60 bits per heavy atom. The van der Waals surface area contributed by atoms with Crippen molar-refractivity contribution in [3.8, 4) is 11.5 Å². The van der Waals surface area contributed by atoms with E-state index in [-0.39, 0.29) is 12.4 Å². The standard InChI is InChI=1S/C25H30N6O4/c1-29-11-13-30(14-12-29)20-6-4-5-19(16-20)27-24-26-10-9-23(28-24)31(25(32)33)17-18-15-21(34-2)7-8-22(18)35-3/h4-10,15-16H,11-14,17H2,1-3H3,(H,32,33)(H,26,27,28). The topological polar surface area (TPSA) is 103 Å². The zero-order valence-corrected chi connectivity index (χ0v) is 20.1. The van der Waals surface area contributed by atoms with Crippen LogP contribution in [0.3, 0.4) is 0 Å². The summed E-state index contributed by atoms with van der Waals surface area (Å²) in [5, 5.41) is 13.1. The second-order valence-corrected chi connectivity index (χ2v) is 8.25. The molecular formula is C25H30N6O4. The third-order valence-corrected chi connectivity index (χ3v) is 5.94. The molecule has 184 valence electrons. The molecule has 0 atom stereocenters. The van der Waals surface area contributed by atoms with Crippen LogP contribution in [0.2, 0.25) is 0 Å². The highest BCUT2D eigenvalue weighted by atomic mass is 16.5. The van der Waals surface area contributed by atoms with E-state index < -0.39 is 6.09 Å². The van der Waals surface area contributed by atoms with Gasteiger partial charge in [0.05, 0.1) is 20.8 Å². The zero-order chi connectivity index (χ0) is 24.8. The number of benzene rings is 2. The van der Waals surface area contributed by atoms with Crippen molar-refractivity contribution in [3.05, 3.63) is 60.3 Å². The van der Waals surface area contributed by atoms with Crippen LogP contribution in [0.1, 0.15) is 5.56 Å². The first-order valence-corrected chi connectivity index (χ1v) is 11.3. The van der Waals surface area contributed by atoms with Crippen LogP contribution >= 0.6 is 0 Å². The molecule has 0 spiro atoms. The highest BCUT2D eigenvalue weighted by Gasteiger charge is 2.20. The maximum atomic E-state index is 12.1. The van der Waals surface area contributed by atoms with Crippen molar-refractivity contribution in [2.75, 3.05) is 62.6 Å². The molecule has 2 aromatic carbocycles. The monoisotopic (exact) mass is 478 g/mol. The van der Waals surface area contributed by atoms with Gasteiger partial charge in [-0.2, -0.15) is 4.98 Å². The molecular weight excluding hydrogens is 448 g/mol. The van der Waals surface area contributed by atoms with Gasteiger partial charge >= 0.3 is 6.09 Å². The van der Waals surface area contributed by atoms with E-state index in [4.69, 9.17) is 9.47 Å². The Kier molecular flexibility index (Phi) is 7.51. The molecule has 0 aliphatic carbocycles. The van der Waals surface area contributed by atoms with Crippen molar-refractivity contribution in [2.45, 2.75) is 6.54 Å². The summed E-state index contributed by atoms with van der Waals surface area (Å²) in [6, 6.07) is 14.9. The van der Waals surface area contributed by atoms with Crippen molar-refractivity contribution in [1.29, 1.82) is 0 Å². The van der Waals surface area contributed by atoms with Gasteiger partial charge in [0.15, 0.2) is 0 Å². The Morgan fingerprint density at radius 2 is 1.89 bits per heavy atom. The lowest BCUT2D eigenvalue weighted by atomic mass is 10.1. The third-order valence-electron chi connectivity index (χ3n) is 5.94. The summed E-state index contributed by atoms with van der Waals surface area (Å²) < 4.78 is 10.7. The Morgan fingerprint density at radius 1 is 1.09 bits per heavy atom. The number of piperazine rings is 1. The summed E-state index contributed by atoms with van der Waals surface area (Å²) in [6.45, 7) is 4.00. The van der Waals surface area contributed by atoms with Gasteiger partial charge in [-0.15, -0.1) is 0 Å². The second-order valence-electron chi connectivity index (χ2n) is 8.25. The maximum Gasteiger partial charge on any atom is 0.413 e. The van der Waals surface area contributed by atoms with Crippen LogP contribution in [0.25, 0.3) is 0 Å². The molecule has 1 aliphatic rings. The normalized spacial score (nSPS) is 13.9. The van der Waals surface area contributed by atoms with Gasteiger partial charge in [-0.3, -0.25) is 4.90 Å². The number of rotatable bonds is 8. The Balaban J connectivity index is 1.54. The fourth-order valence-corrected chi connectivity index (χ4v) is 3.96. The van der Waals surface area contributed by atoms with E-state index in [1.54, 1.807) is 38.5 Å². The molecule has 0 radical (unpaired) electrons. The number of amides is 1. The summed E-state index contributed by atoms with van der Waals surface area (Å²) >= 11 is 0. The first-order valence-electron chi connectivity index (χ1n) is 11.3. The Labute approximate surface area is 204 Å². The van der Waals surface area contributed by atoms with Crippen LogP contribution in [0.15, 0.2) is 54.7 Å². The number of hydrogen-bond acceptors (Lipinski definition) is 8. The smallest absolute Gasteiger partial charge is 0.413 e. The largest absolute Gasteiger partial charge is 0.497 e. The van der Waals surface area contributed by atoms with Gasteiger partial charge in [-0.25, -0.2) is 9.78 Å². The summed E-state index contributed by atoms with van der Waals surface area (Å²) in [4.78, 5) is 26.7. The molecule has 4 rings (SSSR count). The molecule has 2 heterocycles. The summed E-state index contributed by atoms with van der Waals surface area (Å²) in [7, 11) is 5.23. The van der Waals surface area contributed by atoms with Gasteiger partial charge in [0.25, 0.3) is 0 Å². The molecule has 1 aliphatic heterocycles. The lowest BCUT2D eigenvalue weighted by Gasteiger charge is -2.34. The van der Waals surface area contributed by atoms with E-state index in [0.29, 0.717) is 23.0 Å². The lowest BCUT2D eigenvalue weighted by molar-refractivity contribution is 0.201. The SMILES string of the molecule is COc1ccc(OC)c(CN(C(=O)O)c2ccnc(Nc3cccc(N4CCN(C)CC4)c3)n2)c1. The van der Waals surface area contributed by atoms with Crippen molar-refractivity contribution < 1.29 is 19.4 Å². The molecule has 0 saturated carbocycles. The summed E-state index contributed by atoms with van der Waals surface area (Å²) in [5.74, 6) is 1.72. The minimum absolute atomic E-state index is 0.0328. The van der Waals surface area contributed by atoms with Crippen LogP contribution in [-0.4, -0.2) is 73.5 Å². The number of aromatic nitrogens is 2. The summed E-state index contributed by atoms with van der Waals surface area (Å²) in [5.41, 5.74) is 2.61. The van der Waals surface area contributed by atoms with Gasteiger partial charge in [0.2, 0.25) is 5.95 Å². The average molecular weight is 479 g/mol. The van der Waals surface area contributed by atoms with Crippen LogP contribution in [-0.2, 0) is 6.54 Å². The average Bonchev–Trinajstić information content (AvgIpc) is 2.87. The van der Waals surface area contributed by atoms with Crippen LogP contribution in [0.5, 0.6) is 11.5 Å². The number of carbonyl (C=O) groups is 1. The van der Waals surface area contributed by atoms with E-state index >= 15 is 0 Å². The molecule has 10 heteroatoms. The van der Waals surface area contributed by atoms with E-state index in [1.165, 1.54) is 6.20 Å².